The van der Waals surface area contributed by atoms with Crippen molar-refractivity contribution in [3.8, 4) is 0 Å². The van der Waals surface area contributed by atoms with E-state index in [1.165, 1.54) is 0 Å². The molecule has 0 fully saturated rings. The maximum Gasteiger partial charge on any atom is 0.265 e. The van der Waals surface area contributed by atoms with Crippen LogP contribution in [0.25, 0.3) is 0 Å². The molecule has 0 saturated carbocycles. The van der Waals surface area contributed by atoms with E-state index in [9.17, 15) is 21.6 Å². The van der Waals surface area contributed by atoms with Gasteiger partial charge in [-0.2, -0.15) is 0 Å². The minimum atomic E-state index is -4.12. The third-order valence-electron chi connectivity index (χ3n) is 2.05. The van der Waals surface area contributed by atoms with Crippen molar-refractivity contribution in [1.29, 1.82) is 0 Å². The fraction of sp³-hybridized carbons (Fsp3) is 0.333. The Labute approximate surface area is 101 Å². The van der Waals surface area contributed by atoms with Gasteiger partial charge in [0, 0.05) is 6.54 Å². The molecule has 0 aliphatic carbocycles. The number of rotatable bonds is 5. The van der Waals surface area contributed by atoms with E-state index in [1.807, 2.05) is 0 Å². The first-order valence-corrected chi connectivity index (χ1v) is 6.23. The average molecular weight is 284 g/mol. The van der Waals surface area contributed by atoms with Gasteiger partial charge in [0.1, 0.15) is 11.9 Å². The molecule has 9 heteroatoms. The van der Waals surface area contributed by atoms with Crippen molar-refractivity contribution >= 4 is 15.7 Å². The van der Waals surface area contributed by atoms with E-state index < -0.39 is 34.9 Å². The highest BCUT2D eigenvalue weighted by Gasteiger charge is 2.21. The predicted molar refractivity (Wildman–Crippen MR) is 58.0 cm³/mol. The summed E-state index contributed by atoms with van der Waals surface area (Å²) in [7, 11) is -4.12. The molecular formula is C9H11F3N2O3S. The Kier molecular flexibility index (Phi) is 4.54. The molecule has 102 valence electrons. The van der Waals surface area contributed by atoms with Crippen LogP contribution in [0.2, 0.25) is 0 Å². The summed E-state index contributed by atoms with van der Waals surface area (Å²) < 4.78 is 61.7. The van der Waals surface area contributed by atoms with Crippen molar-refractivity contribution in [2.45, 2.75) is 17.4 Å². The molecule has 0 radical (unpaired) electrons. The SMILES string of the molecule is Nc1cc(S(=O)(=O)NCC(O)C(F)F)ccc1F. The molecule has 0 aromatic heterocycles. The van der Waals surface area contributed by atoms with E-state index in [-0.39, 0.29) is 10.6 Å². The second-order valence-electron chi connectivity index (χ2n) is 3.44. The molecule has 1 aromatic carbocycles. The Bertz CT molecular complexity index is 522. The van der Waals surface area contributed by atoms with Crippen molar-refractivity contribution in [2.75, 3.05) is 12.3 Å². The van der Waals surface area contributed by atoms with Gasteiger partial charge in [0.25, 0.3) is 6.43 Å². The summed E-state index contributed by atoms with van der Waals surface area (Å²) in [6.45, 7) is -0.850. The van der Waals surface area contributed by atoms with Crippen molar-refractivity contribution in [2.24, 2.45) is 0 Å². The topological polar surface area (TPSA) is 92.4 Å². The van der Waals surface area contributed by atoms with Gasteiger partial charge in [-0.15, -0.1) is 0 Å². The largest absolute Gasteiger partial charge is 0.396 e. The number of halogens is 3. The molecule has 0 saturated heterocycles. The normalized spacial score (nSPS) is 13.8. The molecule has 1 aromatic rings. The number of sulfonamides is 1. The summed E-state index contributed by atoms with van der Waals surface area (Å²) in [6, 6.07) is 2.63. The molecule has 0 amide bonds. The number of benzene rings is 1. The lowest BCUT2D eigenvalue weighted by Gasteiger charge is -2.11. The van der Waals surface area contributed by atoms with Crippen LogP contribution in [-0.2, 0) is 10.0 Å². The molecule has 18 heavy (non-hydrogen) atoms. The maximum atomic E-state index is 12.8. The van der Waals surface area contributed by atoms with Crippen molar-refractivity contribution < 1.29 is 26.7 Å². The van der Waals surface area contributed by atoms with Crippen LogP contribution in [0, 0.1) is 5.82 Å². The first-order chi connectivity index (χ1) is 8.24. The minimum Gasteiger partial charge on any atom is -0.396 e. The van der Waals surface area contributed by atoms with Crippen LogP contribution < -0.4 is 10.5 Å². The van der Waals surface area contributed by atoms with Crippen LogP contribution >= 0.6 is 0 Å². The summed E-state index contributed by atoms with van der Waals surface area (Å²) in [6.07, 6.45) is -5.18. The van der Waals surface area contributed by atoms with Crippen molar-refractivity contribution in [1.82, 2.24) is 4.72 Å². The van der Waals surface area contributed by atoms with Gasteiger partial charge < -0.3 is 10.8 Å². The van der Waals surface area contributed by atoms with Crippen LogP contribution in [0.5, 0.6) is 0 Å². The average Bonchev–Trinajstić information content (AvgIpc) is 2.29. The Morgan fingerprint density at radius 3 is 2.50 bits per heavy atom. The Morgan fingerprint density at radius 1 is 1.39 bits per heavy atom. The molecule has 1 atom stereocenters. The highest BCUT2D eigenvalue weighted by Crippen LogP contribution is 2.16. The predicted octanol–water partition coefficient (Wildman–Crippen LogP) is 0.312. The summed E-state index contributed by atoms with van der Waals surface area (Å²) in [5.41, 5.74) is 4.80. The van der Waals surface area contributed by atoms with E-state index in [0.717, 1.165) is 18.2 Å². The van der Waals surface area contributed by atoms with Crippen LogP contribution in [-0.4, -0.2) is 32.6 Å². The number of aliphatic hydroxyl groups is 1. The van der Waals surface area contributed by atoms with E-state index in [2.05, 4.69) is 0 Å². The van der Waals surface area contributed by atoms with Gasteiger partial charge in [0.2, 0.25) is 10.0 Å². The molecular weight excluding hydrogens is 273 g/mol. The maximum absolute atomic E-state index is 12.8. The highest BCUT2D eigenvalue weighted by molar-refractivity contribution is 7.89. The van der Waals surface area contributed by atoms with Crippen LogP contribution in [0.15, 0.2) is 23.1 Å². The molecule has 5 nitrogen and oxygen atoms in total. The summed E-state index contributed by atoms with van der Waals surface area (Å²) in [5.74, 6) is -0.790. The number of hydrogen-bond donors (Lipinski definition) is 3. The van der Waals surface area contributed by atoms with Crippen LogP contribution in [0.1, 0.15) is 0 Å². The molecule has 0 spiro atoms. The number of anilines is 1. The van der Waals surface area contributed by atoms with Crippen LogP contribution in [0.3, 0.4) is 0 Å². The smallest absolute Gasteiger partial charge is 0.265 e. The van der Waals surface area contributed by atoms with E-state index >= 15 is 0 Å². The lowest BCUT2D eigenvalue weighted by atomic mass is 10.3. The third kappa shape index (κ3) is 3.59. The molecule has 0 aliphatic heterocycles. The van der Waals surface area contributed by atoms with E-state index in [4.69, 9.17) is 10.8 Å². The lowest BCUT2D eigenvalue weighted by Crippen LogP contribution is -2.35. The molecule has 0 bridgehead atoms. The molecule has 0 aliphatic rings. The highest BCUT2D eigenvalue weighted by atomic mass is 32.2. The molecule has 0 heterocycles. The van der Waals surface area contributed by atoms with Crippen molar-refractivity contribution in [3.63, 3.8) is 0 Å². The number of nitrogen functional groups attached to an aromatic ring is 1. The van der Waals surface area contributed by atoms with Crippen molar-refractivity contribution in [3.05, 3.63) is 24.0 Å². The van der Waals surface area contributed by atoms with Gasteiger partial charge in [-0.05, 0) is 18.2 Å². The van der Waals surface area contributed by atoms with Gasteiger partial charge in [-0.1, -0.05) is 0 Å². The zero-order valence-corrected chi connectivity index (χ0v) is 9.79. The molecule has 1 unspecified atom stereocenters. The van der Waals surface area contributed by atoms with Gasteiger partial charge in [-0.3, -0.25) is 0 Å². The monoisotopic (exact) mass is 284 g/mol. The fourth-order valence-electron chi connectivity index (χ4n) is 1.06. The molecule has 4 N–H and O–H groups in total. The minimum absolute atomic E-state index is 0.372. The second-order valence-corrected chi connectivity index (χ2v) is 5.20. The summed E-state index contributed by atoms with van der Waals surface area (Å²) in [5, 5.41) is 8.77. The first kappa shape index (κ1) is 14.7. The summed E-state index contributed by atoms with van der Waals surface area (Å²) in [4.78, 5) is -0.372. The first-order valence-electron chi connectivity index (χ1n) is 4.75. The van der Waals surface area contributed by atoms with Crippen LogP contribution in [0.4, 0.5) is 18.9 Å². The Morgan fingerprint density at radius 2 is 2.00 bits per heavy atom. The van der Waals surface area contributed by atoms with Gasteiger partial charge in [0.15, 0.2) is 0 Å². The van der Waals surface area contributed by atoms with Gasteiger partial charge in [-0.25, -0.2) is 26.3 Å². The van der Waals surface area contributed by atoms with E-state index in [1.54, 1.807) is 4.72 Å². The number of hydrogen-bond acceptors (Lipinski definition) is 4. The zero-order chi connectivity index (χ0) is 13.9. The number of aliphatic hydroxyl groups excluding tert-OH is 1. The Hall–Kier alpha value is -1.32. The lowest BCUT2D eigenvalue weighted by molar-refractivity contribution is -0.000451. The van der Waals surface area contributed by atoms with Gasteiger partial charge >= 0.3 is 0 Å². The standard InChI is InChI=1S/C9H11F3N2O3S/c10-6-2-1-5(3-7(6)13)18(16,17)14-4-8(15)9(11)12/h1-3,8-9,14-15H,4,13H2. The van der Waals surface area contributed by atoms with Gasteiger partial charge in [0.05, 0.1) is 10.6 Å². The third-order valence-corrected chi connectivity index (χ3v) is 3.47. The second kappa shape index (κ2) is 5.55. The number of nitrogens with two attached hydrogens (primary N) is 1. The van der Waals surface area contributed by atoms with E-state index in [0.29, 0.717) is 0 Å². The number of nitrogens with one attached hydrogen (secondary N) is 1. The quantitative estimate of drug-likeness (QED) is 0.679. The Balaban J connectivity index is 2.83. The zero-order valence-electron chi connectivity index (χ0n) is 8.98. The molecule has 1 rings (SSSR count). The fourth-order valence-corrected chi connectivity index (χ4v) is 2.14. The number of alkyl halides is 2. The summed E-state index contributed by atoms with van der Waals surface area (Å²) >= 11 is 0.